The molecule has 0 spiro atoms. The zero-order chi connectivity index (χ0) is 21.1. The molecular formula is C22H32N4O3. The van der Waals surface area contributed by atoms with Crippen molar-refractivity contribution in [2.45, 2.75) is 59.4 Å². The van der Waals surface area contributed by atoms with Crippen LogP contribution in [0.5, 0.6) is 0 Å². The SMILES string of the molecule is CCN(Cc1nc2ccccc2c(=O)[nH]1)C(=O)C(C(C)C)N1CC(C)OC(C)C1. The van der Waals surface area contributed by atoms with E-state index in [0.717, 1.165) is 13.1 Å². The fourth-order valence-corrected chi connectivity index (χ4v) is 4.23. The van der Waals surface area contributed by atoms with Crippen LogP contribution in [0, 0.1) is 5.92 Å². The van der Waals surface area contributed by atoms with Crippen molar-refractivity contribution in [2.75, 3.05) is 19.6 Å². The Morgan fingerprint density at radius 2 is 1.93 bits per heavy atom. The van der Waals surface area contributed by atoms with Crippen LogP contribution in [0.1, 0.15) is 40.4 Å². The van der Waals surface area contributed by atoms with E-state index in [1.807, 2.05) is 39.0 Å². The van der Waals surface area contributed by atoms with Crippen molar-refractivity contribution < 1.29 is 9.53 Å². The van der Waals surface area contributed by atoms with E-state index in [0.29, 0.717) is 23.3 Å². The number of ether oxygens (including phenoxy) is 1. The summed E-state index contributed by atoms with van der Waals surface area (Å²) in [4.78, 5) is 37.3. The van der Waals surface area contributed by atoms with Crippen molar-refractivity contribution in [3.8, 4) is 0 Å². The van der Waals surface area contributed by atoms with Gasteiger partial charge in [0.2, 0.25) is 5.91 Å². The van der Waals surface area contributed by atoms with Crippen LogP contribution in [-0.4, -0.2) is 63.6 Å². The Hall–Kier alpha value is -2.25. The Kier molecular flexibility index (Phi) is 6.70. The molecule has 1 aliphatic rings. The van der Waals surface area contributed by atoms with Gasteiger partial charge in [-0.1, -0.05) is 26.0 Å². The number of H-pyrrole nitrogens is 1. The number of carbonyl (C=O) groups excluding carboxylic acids is 1. The molecule has 29 heavy (non-hydrogen) atoms. The van der Waals surface area contributed by atoms with Crippen LogP contribution in [-0.2, 0) is 16.1 Å². The average molecular weight is 401 g/mol. The fraction of sp³-hybridized carbons (Fsp3) is 0.591. The molecule has 1 amide bonds. The van der Waals surface area contributed by atoms with Gasteiger partial charge < -0.3 is 14.6 Å². The van der Waals surface area contributed by atoms with Crippen molar-refractivity contribution in [3.05, 3.63) is 40.4 Å². The molecule has 2 aromatic rings. The maximum absolute atomic E-state index is 13.5. The number of aromatic nitrogens is 2. The maximum atomic E-state index is 13.5. The van der Waals surface area contributed by atoms with Crippen molar-refractivity contribution in [3.63, 3.8) is 0 Å². The lowest BCUT2D eigenvalue weighted by Crippen LogP contribution is -2.57. The molecule has 1 aromatic carbocycles. The molecule has 3 unspecified atom stereocenters. The number of likely N-dealkylation sites (N-methyl/N-ethyl adjacent to an activating group) is 1. The molecule has 1 saturated heterocycles. The van der Waals surface area contributed by atoms with Crippen molar-refractivity contribution in [1.29, 1.82) is 0 Å². The lowest BCUT2D eigenvalue weighted by atomic mass is 9.99. The third-order valence-electron chi connectivity index (χ3n) is 5.42. The molecule has 2 heterocycles. The first kappa shape index (κ1) is 21.5. The molecule has 3 rings (SSSR count). The van der Waals surface area contributed by atoms with E-state index in [1.54, 1.807) is 11.0 Å². The van der Waals surface area contributed by atoms with Gasteiger partial charge in [0.05, 0.1) is 35.7 Å². The van der Waals surface area contributed by atoms with Gasteiger partial charge >= 0.3 is 0 Å². The first-order chi connectivity index (χ1) is 13.8. The van der Waals surface area contributed by atoms with E-state index in [2.05, 4.69) is 28.7 Å². The maximum Gasteiger partial charge on any atom is 0.258 e. The second kappa shape index (κ2) is 9.05. The molecule has 158 valence electrons. The van der Waals surface area contributed by atoms with Crippen molar-refractivity contribution in [2.24, 2.45) is 5.92 Å². The van der Waals surface area contributed by atoms with E-state index in [4.69, 9.17) is 4.74 Å². The quantitative estimate of drug-likeness (QED) is 0.806. The lowest BCUT2D eigenvalue weighted by molar-refractivity contribution is -0.146. The summed E-state index contributed by atoms with van der Waals surface area (Å²) in [7, 11) is 0. The van der Waals surface area contributed by atoms with E-state index in [1.165, 1.54) is 0 Å². The van der Waals surface area contributed by atoms with Gasteiger partial charge in [-0.15, -0.1) is 0 Å². The van der Waals surface area contributed by atoms with Crippen LogP contribution in [0.4, 0.5) is 0 Å². The van der Waals surface area contributed by atoms with Crippen LogP contribution in [0.15, 0.2) is 29.1 Å². The zero-order valence-electron chi connectivity index (χ0n) is 18.0. The molecule has 3 atom stereocenters. The number of hydrogen-bond donors (Lipinski definition) is 1. The summed E-state index contributed by atoms with van der Waals surface area (Å²) in [5.74, 6) is 0.743. The molecule has 1 N–H and O–H groups in total. The largest absolute Gasteiger partial charge is 0.373 e. The highest BCUT2D eigenvalue weighted by Gasteiger charge is 2.36. The number of carbonyl (C=O) groups is 1. The van der Waals surface area contributed by atoms with E-state index < -0.39 is 0 Å². The number of morpholine rings is 1. The topological polar surface area (TPSA) is 78.5 Å². The number of aromatic amines is 1. The summed E-state index contributed by atoms with van der Waals surface area (Å²) in [6, 6.07) is 7.02. The van der Waals surface area contributed by atoms with Gasteiger partial charge in [-0.05, 0) is 38.8 Å². The Morgan fingerprint density at radius 3 is 2.55 bits per heavy atom. The second-order valence-electron chi connectivity index (χ2n) is 8.28. The summed E-state index contributed by atoms with van der Waals surface area (Å²) in [5.41, 5.74) is 0.469. The molecule has 0 saturated carbocycles. The summed E-state index contributed by atoms with van der Waals surface area (Å²) < 4.78 is 5.85. The summed E-state index contributed by atoms with van der Waals surface area (Å²) in [6.07, 6.45) is 0.197. The van der Waals surface area contributed by atoms with E-state index in [-0.39, 0.29) is 42.2 Å². The summed E-state index contributed by atoms with van der Waals surface area (Å²) in [5, 5.41) is 0.557. The Bertz CT molecular complexity index is 900. The molecule has 1 aromatic heterocycles. The highest BCUT2D eigenvalue weighted by molar-refractivity contribution is 5.82. The predicted molar refractivity (Wildman–Crippen MR) is 114 cm³/mol. The normalized spacial score (nSPS) is 21.4. The smallest absolute Gasteiger partial charge is 0.258 e. The molecule has 0 aliphatic carbocycles. The van der Waals surface area contributed by atoms with Crippen molar-refractivity contribution in [1.82, 2.24) is 19.8 Å². The van der Waals surface area contributed by atoms with Gasteiger partial charge in [0.15, 0.2) is 0 Å². The van der Waals surface area contributed by atoms with Gasteiger partial charge in [0, 0.05) is 19.6 Å². The highest BCUT2D eigenvalue weighted by atomic mass is 16.5. The lowest BCUT2D eigenvalue weighted by Gasteiger charge is -2.42. The summed E-state index contributed by atoms with van der Waals surface area (Å²) >= 11 is 0. The van der Waals surface area contributed by atoms with E-state index in [9.17, 15) is 9.59 Å². The minimum absolute atomic E-state index is 0.0691. The van der Waals surface area contributed by atoms with E-state index >= 15 is 0 Å². The number of nitrogens with one attached hydrogen (secondary N) is 1. The van der Waals surface area contributed by atoms with Crippen LogP contribution < -0.4 is 5.56 Å². The van der Waals surface area contributed by atoms with Gasteiger partial charge in [-0.3, -0.25) is 14.5 Å². The molecule has 0 bridgehead atoms. The Balaban J connectivity index is 1.84. The third-order valence-corrected chi connectivity index (χ3v) is 5.42. The van der Waals surface area contributed by atoms with Crippen LogP contribution in [0.3, 0.4) is 0 Å². The number of rotatable bonds is 6. The van der Waals surface area contributed by atoms with Crippen LogP contribution >= 0.6 is 0 Å². The number of hydrogen-bond acceptors (Lipinski definition) is 5. The minimum Gasteiger partial charge on any atom is -0.373 e. The number of nitrogens with zero attached hydrogens (tertiary/aromatic N) is 3. The van der Waals surface area contributed by atoms with Crippen LogP contribution in [0.2, 0.25) is 0 Å². The third kappa shape index (κ3) is 4.85. The zero-order valence-corrected chi connectivity index (χ0v) is 18.0. The Labute approximate surface area is 172 Å². The number of para-hydroxylation sites is 1. The highest BCUT2D eigenvalue weighted by Crippen LogP contribution is 2.21. The first-order valence-corrected chi connectivity index (χ1v) is 10.5. The molecule has 0 radical (unpaired) electrons. The molecule has 7 heteroatoms. The average Bonchev–Trinajstić information content (AvgIpc) is 2.65. The molecule has 7 nitrogen and oxygen atoms in total. The molecular weight excluding hydrogens is 368 g/mol. The second-order valence-corrected chi connectivity index (χ2v) is 8.28. The number of fused-ring (bicyclic) bond motifs is 1. The van der Waals surface area contributed by atoms with Gasteiger partial charge in [-0.2, -0.15) is 0 Å². The Morgan fingerprint density at radius 1 is 1.28 bits per heavy atom. The van der Waals surface area contributed by atoms with Gasteiger partial charge in [0.1, 0.15) is 5.82 Å². The van der Waals surface area contributed by atoms with Gasteiger partial charge in [0.25, 0.3) is 5.56 Å². The monoisotopic (exact) mass is 400 g/mol. The molecule has 1 aliphatic heterocycles. The summed E-state index contributed by atoms with van der Waals surface area (Å²) in [6.45, 7) is 12.5. The predicted octanol–water partition coefficient (Wildman–Crippen LogP) is 2.41. The standard InChI is InChI=1S/C22H32N4O3/c1-6-25(13-19-23-18-10-8-7-9-17(18)21(27)24-19)22(28)20(14(2)3)26-11-15(4)29-16(5)12-26/h7-10,14-16,20H,6,11-13H2,1-5H3,(H,23,24,27). The van der Waals surface area contributed by atoms with Crippen molar-refractivity contribution >= 4 is 16.8 Å². The van der Waals surface area contributed by atoms with Crippen LogP contribution in [0.25, 0.3) is 10.9 Å². The fourth-order valence-electron chi connectivity index (χ4n) is 4.23. The number of benzene rings is 1. The number of amides is 1. The minimum atomic E-state index is -0.226. The molecule has 1 fully saturated rings. The first-order valence-electron chi connectivity index (χ1n) is 10.5. The van der Waals surface area contributed by atoms with Gasteiger partial charge in [-0.25, -0.2) is 4.98 Å².